The largest absolute Gasteiger partial charge is 0.394 e. The molecule has 6 aliphatic rings. The van der Waals surface area contributed by atoms with Gasteiger partial charge in [0.25, 0.3) is 0 Å². The molecule has 14 nitrogen and oxygen atoms in total. The van der Waals surface area contributed by atoms with Crippen molar-refractivity contribution in [3.05, 3.63) is 11.6 Å². The highest BCUT2D eigenvalue weighted by Gasteiger charge is 2.65. The molecule has 5 fully saturated rings. The van der Waals surface area contributed by atoms with Crippen LogP contribution in [0.15, 0.2) is 11.6 Å². The fourth-order valence-electron chi connectivity index (χ4n) is 11.7. The topological polar surface area (TPSA) is 239 Å². The monoisotopic (exact) mass is 758 g/mol. The lowest BCUT2D eigenvalue weighted by Gasteiger charge is -2.60. The fourth-order valence-corrected chi connectivity index (χ4v) is 11.7. The van der Waals surface area contributed by atoms with E-state index in [4.69, 9.17) is 18.9 Å². The molecule has 0 radical (unpaired) electrons. The molecule has 0 aromatic carbocycles. The lowest BCUT2D eigenvalue weighted by molar-refractivity contribution is -0.324. The number of aliphatic hydroxyl groups excluding tert-OH is 10. The van der Waals surface area contributed by atoms with Crippen LogP contribution in [0.25, 0.3) is 0 Å². The van der Waals surface area contributed by atoms with Gasteiger partial charge in [0, 0.05) is 11.8 Å². The third-order valence-corrected chi connectivity index (χ3v) is 14.7. The van der Waals surface area contributed by atoms with E-state index in [0.29, 0.717) is 25.2 Å². The number of allylic oxidation sites excluding steroid dienone is 1. The molecule has 3 saturated carbocycles. The first-order valence-corrected chi connectivity index (χ1v) is 19.9. The molecule has 14 heteroatoms. The summed E-state index contributed by atoms with van der Waals surface area (Å²) in [6, 6.07) is 0. The van der Waals surface area contributed by atoms with Crippen molar-refractivity contribution in [1.82, 2.24) is 0 Å². The Labute approximate surface area is 312 Å². The number of hydrogen-bond acceptors (Lipinski definition) is 14. The average molecular weight is 759 g/mol. The van der Waals surface area contributed by atoms with Crippen molar-refractivity contribution in [2.75, 3.05) is 13.2 Å². The van der Waals surface area contributed by atoms with Gasteiger partial charge in [-0.2, -0.15) is 0 Å². The molecule has 0 unspecified atom stereocenters. The first-order chi connectivity index (χ1) is 25.0. The third kappa shape index (κ3) is 7.42. The van der Waals surface area contributed by atoms with Gasteiger partial charge in [-0.05, 0) is 85.9 Å². The summed E-state index contributed by atoms with van der Waals surface area (Å²) in [6.07, 6.45) is -9.27. The second-order valence-electron chi connectivity index (χ2n) is 18.1. The Morgan fingerprint density at radius 2 is 1.36 bits per heavy atom. The molecule has 53 heavy (non-hydrogen) atoms. The minimum absolute atomic E-state index is 0.0794. The zero-order chi connectivity index (χ0) is 38.7. The molecule has 306 valence electrons. The standard InChI is InChI=1S/C39H66O14/c1-17(2)6-9-24(43)18(3)29-25(50-36-34(48)32(46)30(44)26(15-40)51-36)14-23-21-8-7-19-12-20(42)13-28(39(19,5)22(21)10-11-38(23,29)4)53-37-35(49)33(47)31(45)27(16-41)52-37/h7,17-18,20-37,40-49H,6,8-16H2,1-5H3/t18-,20-,21-,22-,23-,24+,25+,26-,27-,28-,29+,30+,31-,32-,33-,34-,35-,36+,37+,38+,39+/m1/s1. The molecule has 0 spiro atoms. The normalized spacial score (nSPS) is 51.2. The summed E-state index contributed by atoms with van der Waals surface area (Å²) in [5, 5.41) is 106. The molecule has 0 aromatic rings. The van der Waals surface area contributed by atoms with Crippen molar-refractivity contribution in [3.63, 3.8) is 0 Å². The maximum absolute atomic E-state index is 11.6. The summed E-state index contributed by atoms with van der Waals surface area (Å²) >= 11 is 0. The Bertz CT molecular complexity index is 1260. The smallest absolute Gasteiger partial charge is 0.187 e. The summed E-state index contributed by atoms with van der Waals surface area (Å²) in [7, 11) is 0. The zero-order valence-electron chi connectivity index (χ0n) is 31.8. The van der Waals surface area contributed by atoms with Crippen LogP contribution < -0.4 is 0 Å². The molecule has 2 saturated heterocycles. The van der Waals surface area contributed by atoms with Gasteiger partial charge in [0.2, 0.25) is 0 Å². The molecule has 10 N–H and O–H groups in total. The molecule has 0 bridgehead atoms. The summed E-state index contributed by atoms with van der Waals surface area (Å²) in [4.78, 5) is 0. The summed E-state index contributed by atoms with van der Waals surface area (Å²) in [6.45, 7) is 9.58. The predicted octanol–water partition coefficient (Wildman–Crippen LogP) is -0.0505. The van der Waals surface area contributed by atoms with Gasteiger partial charge in [-0.15, -0.1) is 0 Å². The highest BCUT2D eigenvalue weighted by atomic mass is 16.7. The first-order valence-electron chi connectivity index (χ1n) is 19.9. The maximum atomic E-state index is 11.6. The number of ether oxygens (including phenoxy) is 4. The molecule has 0 aromatic heterocycles. The molecule has 2 aliphatic heterocycles. The van der Waals surface area contributed by atoms with E-state index in [9.17, 15) is 51.1 Å². The molecule has 2 heterocycles. The Hall–Kier alpha value is -0.820. The van der Waals surface area contributed by atoms with Gasteiger partial charge in [0.05, 0.1) is 37.6 Å². The van der Waals surface area contributed by atoms with Crippen molar-refractivity contribution >= 4 is 0 Å². The summed E-state index contributed by atoms with van der Waals surface area (Å²) < 4.78 is 24.8. The molecular weight excluding hydrogens is 692 g/mol. The number of rotatable bonds is 11. The van der Waals surface area contributed by atoms with Crippen molar-refractivity contribution in [2.45, 2.75) is 172 Å². The van der Waals surface area contributed by atoms with Gasteiger partial charge in [-0.25, -0.2) is 0 Å². The van der Waals surface area contributed by atoms with E-state index in [1.165, 1.54) is 0 Å². The van der Waals surface area contributed by atoms with Crippen LogP contribution in [0, 0.1) is 46.3 Å². The van der Waals surface area contributed by atoms with Crippen LogP contribution in [0.5, 0.6) is 0 Å². The highest BCUT2D eigenvalue weighted by Crippen LogP contribution is 2.68. The van der Waals surface area contributed by atoms with Crippen molar-refractivity contribution in [1.29, 1.82) is 0 Å². The lowest BCUT2D eigenvalue weighted by atomic mass is 9.46. The number of fused-ring (bicyclic) bond motifs is 5. The van der Waals surface area contributed by atoms with E-state index in [0.717, 1.165) is 31.3 Å². The minimum Gasteiger partial charge on any atom is -0.394 e. The summed E-state index contributed by atoms with van der Waals surface area (Å²) in [5.74, 6) is 0.371. The Balaban J connectivity index is 1.31. The van der Waals surface area contributed by atoms with Crippen LogP contribution in [0.1, 0.15) is 86.0 Å². The van der Waals surface area contributed by atoms with E-state index >= 15 is 0 Å². The van der Waals surface area contributed by atoms with Gasteiger partial charge in [-0.3, -0.25) is 0 Å². The average Bonchev–Trinajstić information content (AvgIpc) is 3.42. The van der Waals surface area contributed by atoms with Crippen LogP contribution in [0.3, 0.4) is 0 Å². The zero-order valence-corrected chi connectivity index (χ0v) is 31.8. The molecule has 4 aliphatic carbocycles. The lowest BCUT2D eigenvalue weighted by Crippen LogP contribution is -2.62. The highest BCUT2D eigenvalue weighted by molar-refractivity contribution is 5.28. The van der Waals surface area contributed by atoms with Crippen molar-refractivity contribution in [2.24, 2.45) is 46.3 Å². The maximum Gasteiger partial charge on any atom is 0.187 e. The van der Waals surface area contributed by atoms with Crippen molar-refractivity contribution < 1.29 is 70.0 Å². The van der Waals surface area contributed by atoms with Crippen LogP contribution in [0.2, 0.25) is 0 Å². The van der Waals surface area contributed by atoms with Gasteiger partial charge >= 0.3 is 0 Å². The van der Waals surface area contributed by atoms with E-state index in [1.807, 2.05) is 0 Å². The van der Waals surface area contributed by atoms with Crippen molar-refractivity contribution in [3.8, 4) is 0 Å². The Morgan fingerprint density at radius 3 is 1.92 bits per heavy atom. The van der Waals surface area contributed by atoms with E-state index in [-0.39, 0.29) is 41.4 Å². The minimum atomic E-state index is -1.59. The Kier molecular flexibility index (Phi) is 12.8. The van der Waals surface area contributed by atoms with Crippen LogP contribution in [-0.4, -0.2) is 150 Å². The number of aliphatic hydroxyl groups is 10. The molecule has 0 amide bonds. The second kappa shape index (κ2) is 16.2. The summed E-state index contributed by atoms with van der Waals surface area (Å²) in [5.41, 5.74) is 0.176. The van der Waals surface area contributed by atoms with Crippen LogP contribution >= 0.6 is 0 Å². The number of hydrogen-bond donors (Lipinski definition) is 10. The van der Waals surface area contributed by atoms with Gasteiger partial charge in [0.1, 0.15) is 48.8 Å². The van der Waals surface area contributed by atoms with Gasteiger partial charge in [0.15, 0.2) is 12.6 Å². The molecule has 21 atom stereocenters. The van der Waals surface area contributed by atoms with Gasteiger partial charge < -0.3 is 70.0 Å². The van der Waals surface area contributed by atoms with Crippen LogP contribution in [-0.2, 0) is 18.9 Å². The molecule has 6 rings (SSSR count). The predicted molar refractivity (Wildman–Crippen MR) is 188 cm³/mol. The third-order valence-electron chi connectivity index (χ3n) is 14.7. The second-order valence-corrected chi connectivity index (χ2v) is 18.1. The SMILES string of the molecule is CC(C)CC[C@H](O)[C@@H](C)[C@H]1[C@@H](O[C@H]2O[C@H](CO)[C@H](O)[C@@H](O)[C@H]2O)C[C@@H]2[C@@H]3CC=C4C[C@@H](O)C[C@@H](O[C@@H]5O[C@H](CO)[C@@H](O)[C@@H](O)[C@H]5O)[C@]4(C)[C@@H]3CC[C@]12C. The fraction of sp³-hybridized carbons (Fsp3) is 0.949. The first kappa shape index (κ1) is 41.8. The van der Waals surface area contributed by atoms with E-state index in [2.05, 4.69) is 40.7 Å². The van der Waals surface area contributed by atoms with Gasteiger partial charge in [-0.1, -0.05) is 46.3 Å². The van der Waals surface area contributed by atoms with E-state index in [1.54, 1.807) is 0 Å². The van der Waals surface area contributed by atoms with E-state index < -0.39 is 104 Å². The van der Waals surface area contributed by atoms with Crippen LogP contribution in [0.4, 0.5) is 0 Å². The Morgan fingerprint density at radius 1 is 0.774 bits per heavy atom. The molecular formula is C39H66O14. The quantitative estimate of drug-likeness (QED) is 0.124.